The molecule has 1 spiro atoms. The third kappa shape index (κ3) is 1.93. The Kier molecular flexibility index (Phi) is 2.79. The van der Waals surface area contributed by atoms with E-state index >= 15 is 0 Å². The summed E-state index contributed by atoms with van der Waals surface area (Å²) in [5.74, 6) is -0.395. The van der Waals surface area contributed by atoms with Crippen LogP contribution >= 0.6 is 0 Å². The van der Waals surface area contributed by atoms with Crippen molar-refractivity contribution < 1.29 is 9.47 Å². The highest BCUT2D eigenvalue weighted by Crippen LogP contribution is 2.35. The summed E-state index contributed by atoms with van der Waals surface area (Å²) in [6.07, 6.45) is 3.47. The van der Waals surface area contributed by atoms with Crippen molar-refractivity contribution in [1.82, 2.24) is 5.32 Å². The van der Waals surface area contributed by atoms with Crippen LogP contribution in [0.1, 0.15) is 32.6 Å². The zero-order valence-corrected chi connectivity index (χ0v) is 8.84. The van der Waals surface area contributed by atoms with Crippen LogP contribution in [0.25, 0.3) is 0 Å². The molecule has 82 valence electrons. The van der Waals surface area contributed by atoms with Crippen LogP contribution < -0.4 is 11.1 Å². The molecule has 2 rings (SSSR count). The summed E-state index contributed by atoms with van der Waals surface area (Å²) in [5.41, 5.74) is 5.68. The Morgan fingerprint density at radius 2 is 2.00 bits per heavy atom. The van der Waals surface area contributed by atoms with E-state index in [1.54, 1.807) is 0 Å². The molecule has 0 bridgehead atoms. The van der Waals surface area contributed by atoms with E-state index in [4.69, 9.17) is 15.2 Å². The SMILES string of the molecule is CCC1(N)CCOC2(CCNCC2)O1. The highest BCUT2D eigenvalue weighted by atomic mass is 16.7. The number of nitrogens with two attached hydrogens (primary N) is 1. The van der Waals surface area contributed by atoms with Crippen molar-refractivity contribution in [3.63, 3.8) is 0 Å². The number of nitrogens with one attached hydrogen (secondary N) is 1. The Morgan fingerprint density at radius 3 is 2.64 bits per heavy atom. The molecule has 4 nitrogen and oxygen atoms in total. The Balaban J connectivity index is 2.04. The summed E-state index contributed by atoms with van der Waals surface area (Å²) in [6.45, 7) is 4.71. The minimum Gasteiger partial charge on any atom is -0.350 e. The molecule has 0 aromatic carbocycles. The first-order valence-corrected chi connectivity index (χ1v) is 5.52. The maximum Gasteiger partial charge on any atom is 0.173 e. The minimum atomic E-state index is -0.463. The van der Waals surface area contributed by atoms with Gasteiger partial charge in [-0.15, -0.1) is 0 Å². The first kappa shape index (κ1) is 10.4. The van der Waals surface area contributed by atoms with Gasteiger partial charge in [0.25, 0.3) is 0 Å². The van der Waals surface area contributed by atoms with Gasteiger partial charge in [0.05, 0.1) is 6.61 Å². The van der Waals surface area contributed by atoms with E-state index in [0.29, 0.717) is 0 Å². The molecule has 4 heteroatoms. The van der Waals surface area contributed by atoms with E-state index < -0.39 is 11.5 Å². The van der Waals surface area contributed by atoms with Crippen molar-refractivity contribution >= 4 is 0 Å². The minimum absolute atomic E-state index is 0.395. The summed E-state index contributed by atoms with van der Waals surface area (Å²) in [7, 11) is 0. The lowest BCUT2D eigenvalue weighted by Crippen LogP contribution is -2.59. The van der Waals surface area contributed by atoms with Crippen molar-refractivity contribution in [3.8, 4) is 0 Å². The van der Waals surface area contributed by atoms with Crippen molar-refractivity contribution in [1.29, 1.82) is 0 Å². The van der Waals surface area contributed by atoms with Crippen LogP contribution in [-0.4, -0.2) is 31.2 Å². The Bertz CT molecular complexity index is 199. The molecule has 2 aliphatic rings. The standard InChI is InChI=1S/C10H20N2O2/c1-2-9(11)5-8-13-10(14-9)3-6-12-7-4-10/h12H,2-8,11H2,1H3. The van der Waals surface area contributed by atoms with Crippen molar-refractivity contribution in [2.45, 2.75) is 44.1 Å². The molecule has 0 saturated carbocycles. The molecular formula is C10H20N2O2. The number of piperidine rings is 1. The molecule has 2 fully saturated rings. The zero-order chi connectivity index (χ0) is 10.1. The molecule has 14 heavy (non-hydrogen) atoms. The van der Waals surface area contributed by atoms with Gasteiger partial charge in [-0.05, 0) is 6.42 Å². The van der Waals surface area contributed by atoms with Gasteiger partial charge >= 0.3 is 0 Å². The van der Waals surface area contributed by atoms with Gasteiger partial charge in [-0.2, -0.15) is 0 Å². The van der Waals surface area contributed by atoms with Crippen LogP contribution in [-0.2, 0) is 9.47 Å². The molecule has 2 saturated heterocycles. The monoisotopic (exact) mass is 200 g/mol. The molecule has 1 unspecified atom stereocenters. The van der Waals surface area contributed by atoms with Crippen LogP contribution in [0.3, 0.4) is 0 Å². The summed E-state index contributed by atoms with van der Waals surface area (Å²) >= 11 is 0. The fourth-order valence-corrected chi connectivity index (χ4v) is 2.16. The summed E-state index contributed by atoms with van der Waals surface area (Å²) < 4.78 is 11.7. The molecule has 3 N–H and O–H groups in total. The van der Waals surface area contributed by atoms with Crippen molar-refractivity contribution in [2.75, 3.05) is 19.7 Å². The largest absolute Gasteiger partial charge is 0.350 e. The van der Waals surface area contributed by atoms with E-state index in [1.807, 2.05) is 0 Å². The quantitative estimate of drug-likeness (QED) is 0.649. The highest BCUT2D eigenvalue weighted by Gasteiger charge is 2.44. The van der Waals surface area contributed by atoms with Gasteiger partial charge in [-0.3, -0.25) is 0 Å². The first-order chi connectivity index (χ1) is 6.68. The topological polar surface area (TPSA) is 56.5 Å². The lowest BCUT2D eigenvalue weighted by atomic mass is 9.99. The second-order valence-electron chi connectivity index (χ2n) is 4.28. The fourth-order valence-electron chi connectivity index (χ4n) is 2.16. The maximum absolute atomic E-state index is 6.14. The van der Waals surface area contributed by atoms with E-state index in [0.717, 1.165) is 45.4 Å². The average molecular weight is 200 g/mol. The second-order valence-corrected chi connectivity index (χ2v) is 4.28. The predicted molar refractivity (Wildman–Crippen MR) is 53.7 cm³/mol. The molecule has 0 aromatic rings. The predicted octanol–water partition coefficient (Wildman–Crippen LogP) is 0.568. The lowest BCUT2D eigenvalue weighted by molar-refractivity contribution is -0.335. The van der Waals surface area contributed by atoms with Gasteiger partial charge in [0.15, 0.2) is 5.79 Å². The number of hydrogen-bond donors (Lipinski definition) is 2. The van der Waals surface area contributed by atoms with Crippen LogP contribution in [0.15, 0.2) is 0 Å². The third-order valence-corrected chi connectivity index (χ3v) is 3.24. The van der Waals surface area contributed by atoms with Crippen LogP contribution in [0, 0.1) is 0 Å². The third-order valence-electron chi connectivity index (χ3n) is 3.24. The van der Waals surface area contributed by atoms with Gasteiger partial charge in [0, 0.05) is 32.4 Å². The normalized spacial score (nSPS) is 37.3. The fraction of sp³-hybridized carbons (Fsp3) is 1.00. The second kappa shape index (κ2) is 3.77. The van der Waals surface area contributed by atoms with Gasteiger partial charge in [0.1, 0.15) is 5.72 Å². The smallest absolute Gasteiger partial charge is 0.173 e. The summed E-state index contributed by atoms with van der Waals surface area (Å²) in [6, 6.07) is 0. The van der Waals surface area contributed by atoms with Crippen LogP contribution in [0.5, 0.6) is 0 Å². The first-order valence-electron chi connectivity index (χ1n) is 5.52. The van der Waals surface area contributed by atoms with Gasteiger partial charge < -0.3 is 20.5 Å². The lowest BCUT2D eigenvalue weighted by Gasteiger charge is -2.47. The molecule has 0 radical (unpaired) electrons. The van der Waals surface area contributed by atoms with Gasteiger partial charge in [-0.25, -0.2) is 0 Å². The van der Waals surface area contributed by atoms with E-state index in [2.05, 4.69) is 12.2 Å². The number of hydrogen-bond acceptors (Lipinski definition) is 4. The average Bonchev–Trinajstić information content (AvgIpc) is 2.19. The number of rotatable bonds is 1. The summed E-state index contributed by atoms with van der Waals surface area (Å²) in [4.78, 5) is 0. The van der Waals surface area contributed by atoms with E-state index in [9.17, 15) is 0 Å². The van der Waals surface area contributed by atoms with Crippen molar-refractivity contribution in [2.24, 2.45) is 5.73 Å². The maximum atomic E-state index is 6.14. The van der Waals surface area contributed by atoms with Crippen LogP contribution in [0.4, 0.5) is 0 Å². The van der Waals surface area contributed by atoms with Crippen LogP contribution in [0.2, 0.25) is 0 Å². The highest BCUT2D eigenvalue weighted by molar-refractivity contribution is 4.86. The number of ether oxygens (including phenoxy) is 2. The Labute approximate surface area is 85.1 Å². The zero-order valence-electron chi connectivity index (χ0n) is 8.84. The Morgan fingerprint density at radius 1 is 1.29 bits per heavy atom. The van der Waals surface area contributed by atoms with E-state index in [-0.39, 0.29) is 0 Å². The van der Waals surface area contributed by atoms with Crippen molar-refractivity contribution in [3.05, 3.63) is 0 Å². The molecule has 2 heterocycles. The molecule has 0 aliphatic carbocycles. The molecule has 2 aliphatic heterocycles. The van der Waals surface area contributed by atoms with Gasteiger partial charge in [-0.1, -0.05) is 6.92 Å². The molecule has 0 aromatic heterocycles. The molecular weight excluding hydrogens is 180 g/mol. The van der Waals surface area contributed by atoms with E-state index in [1.165, 1.54) is 0 Å². The van der Waals surface area contributed by atoms with Gasteiger partial charge in [0.2, 0.25) is 0 Å². The molecule has 1 atom stereocenters. The molecule has 0 amide bonds. The Hall–Kier alpha value is -0.160. The summed E-state index contributed by atoms with van der Waals surface area (Å²) in [5, 5.41) is 3.30.